The number of urea groups is 1. The van der Waals surface area contributed by atoms with E-state index in [1.807, 2.05) is 0 Å². The van der Waals surface area contributed by atoms with Crippen LogP contribution in [0.25, 0.3) is 0 Å². The van der Waals surface area contributed by atoms with Gasteiger partial charge in [-0.25, -0.2) is 13.3 Å². The first-order valence-electron chi connectivity index (χ1n) is 2.35. The predicted octanol–water partition coefficient (Wildman–Crippen LogP) is -1.41. The molecule has 0 fully saturated rings. The molecule has 1 atom stereocenters. The summed E-state index contributed by atoms with van der Waals surface area (Å²) in [6, 6.07) is -1.26. The van der Waals surface area contributed by atoms with E-state index in [9.17, 15) is 13.8 Å². The highest BCUT2D eigenvalue weighted by Gasteiger charge is 2.18. The largest absolute Gasteiger partial charge is 0.480 e. The fourth-order valence-electron chi connectivity index (χ4n) is 0.333. The maximum absolute atomic E-state index is 10.2. The second kappa shape index (κ2) is 3.88. The summed E-state index contributed by atoms with van der Waals surface area (Å²) in [6.45, 7) is -0.890. The fourth-order valence-corrected chi connectivity index (χ4v) is 0.708. The number of amides is 2. The first-order chi connectivity index (χ1) is 4.95. The van der Waals surface area contributed by atoms with Crippen molar-refractivity contribution in [1.29, 1.82) is 0 Å². The predicted molar refractivity (Wildman–Crippen MR) is 34.7 cm³/mol. The van der Waals surface area contributed by atoms with Crippen molar-refractivity contribution in [2.75, 3.05) is 6.54 Å². The van der Waals surface area contributed by atoms with Crippen molar-refractivity contribution < 1.29 is 23.5 Å². The summed E-state index contributed by atoms with van der Waals surface area (Å²) in [5.74, 6) is -1.41. The van der Waals surface area contributed by atoms with Crippen LogP contribution in [0.15, 0.2) is 0 Å². The first-order valence-corrected chi connectivity index (χ1v) is 3.41. The molecule has 4 N–H and O–H groups in total. The van der Waals surface area contributed by atoms with E-state index in [2.05, 4.69) is 5.73 Å². The molecule has 11 heavy (non-hydrogen) atoms. The Kier molecular flexibility index (Phi) is 3.48. The van der Waals surface area contributed by atoms with Gasteiger partial charge < -0.3 is 10.8 Å². The van der Waals surface area contributed by atoms with Crippen molar-refractivity contribution in [1.82, 2.24) is 4.31 Å². The molecule has 0 aromatic carbocycles. The van der Waals surface area contributed by atoms with Crippen LogP contribution in [0.5, 0.6) is 0 Å². The lowest BCUT2D eigenvalue weighted by Crippen LogP contribution is -2.40. The van der Waals surface area contributed by atoms with E-state index in [0.29, 0.717) is 0 Å². The van der Waals surface area contributed by atoms with Gasteiger partial charge in [0.2, 0.25) is 0 Å². The topological polar surface area (TPSA) is 121 Å². The Labute approximate surface area is 64.2 Å². The van der Waals surface area contributed by atoms with Gasteiger partial charge in [0.15, 0.2) is 0 Å². The van der Waals surface area contributed by atoms with Crippen molar-refractivity contribution in [3.63, 3.8) is 0 Å². The molecule has 0 aliphatic carbocycles. The Bertz CT molecular complexity index is 190. The third-order valence-corrected chi connectivity index (χ3v) is 1.40. The summed E-state index contributed by atoms with van der Waals surface area (Å²) in [4.78, 5) is 20.1. The zero-order valence-corrected chi connectivity index (χ0v) is 6.08. The van der Waals surface area contributed by atoms with Crippen LogP contribution in [0.2, 0.25) is 0 Å². The number of hydrogen-bond acceptors (Lipinski definition) is 3. The van der Waals surface area contributed by atoms with Crippen LogP contribution in [0, 0.1) is 0 Å². The monoisotopic (exact) mass is 182 g/mol. The number of nitrogens with zero attached hydrogens (tertiary/aromatic N) is 1. The average molecular weight is 182 g/mol. The summed E-state index contributed by atoms with van der Waals surface area (Å²) in [6.07, 6.45) is 0. The van der Waals surface area contributed by atoms with Crippen LogP contribution in [0.1, 0.15) is 0 Å². The summed E-state index contributed by atoms with van der Waals surface area (Å²) in [5, 5.41) is 8.09. The van der Waals surface area contributed by atoms with Gasteiger partial charge >= 0.3 is 12.0 Å². The van der Waals surface area contributed by atoms with Gasteiger partial charge in [-0.3, -0.25) is 9.35 Å². The lowest BCUT2D eigenvalue weighted by atomic mass is 10.6. The van der Waals surface area contributed by atoms with Crippen LogP contribution in [-0.2, 0) is 16.1 Å². The Morgan fingerprint density at radius 3 is 2.09 bits per heavy atom. The summed E-state index contributed by atoms with van der Waals surface area (Å²) >= 11 is -2.68. The molecule has 7 nitrogen and oxygen atoms in total. The van der Waals surface area contributed by atoms with E-state index in [0.717, 1.165) is 0 Å². The smallest absolute Gasteiger partial charge is 0.328 e. The maximum atomic E-state index is 10.2. The fraction of sp³-hybridized carbons (Fsp3) is 0.333. The van der Waals surface area contributed by atoms with Gasteiger partial charge in [-0.05, 0) is 0 Å². The molecule has 0 bridgehead atoms. The molecular formula is C3H6N2O5S. The molecule has 0 aliphatic rings. The number of carboxylic acids is 1. The highest BCUT2D eigenvalue weighted by atomic mass is 32.2. The standard InChI is InChI=1S/C3H6N2O5S/c4-3(8)5(11(9)10)1-2(6)7/h1H2,(H2,4,8)(H,6,7)(H,9,10). The number of rotatable bonds is 3. The van der Waals surface area contributed by atoms with E-state index in [1.165, 1.54) is 0 Å². The molecule has 0 spiro atoms. The number of carbonyl (C=O) groups excluding carboxylic acids is 1. The van der Waals surface area contributed by atoms with Gasteiger partial charge in [-0.1, -0.05) is 0 Å². The normalized spacial score (nSPS) is 12.1. The number of primary amides is 1. The highest BCUT2D eigenvalue weighted by molar-refractivity contribution is 7.77. The summed E-state index contributed by atoms with van der Waals surface area (Å²) in [5.41, 5.74) is 4.56. The van der Waals surface area contributed by atoms with Gasteiger partial charge in [0.25, 0.3) is 11.3 Å². The molecule has 0 saturated carbocycles. The zero-order valence-electron chi connectivity index (χ0n) is 5.26. The molecule has 0 aromatic rings. The average Bonchev–Trinajstić information content (AvgIpc) is 1.81. The molecule has 0 aliphatic heterocycles. The molecule has 0 radical (unpaired) electrons. The van der Waals surface area contributed by atoms with Crippen molar-refractivity contribution in [3.8, 4) is 0 Å². The Morgan fingerprint density at radius 1 is 1.55 bits per heavy atom. The molecule has 2 amide bonds. The molecule has 1 unspecified atom stereocenters. The van der Waals surface area contributed by atoms with Gasteiger partial charge in [0, 0.05) is 0 Å². The lowest BCUT2D eigenvalue weighted by Gasteiger charge is -2.10. The maximum Gasteiger partial charge on any atom is 0.328 e. The van der Waals surface area contributed by atoms with Crippen LogP contribution in [-0.4, -0.2) is 36.7 Å². The van der Waals surface area contributed by atoms with Gasteiger partial charge in [0.1, 0.15) is 6.54 Å². The van der Waals surface area contributed by atoms with Crippen molar-refractivity contribution in [2.45, 2.75) is 0 Å². The Morgan fingerprint density at radius 2 is 2.00 bits per heavy atom. The minimum atomic E-state index is -2.68. The lowest BCUT2D eigenvalue weighted by molar-refractivity contribution is -0.136. The van der Waals surface area contributed by atoms with Crippen LogP contribution < -0.4 is 5.73 Å². The zero-order chi connectivity index (χ0) is 9.02. The van der Waals surface area contributed by atoms with Crippen LogP contribution >= 0.6 is 0 Å². The Balaban J connectivity index is 4.23. The van der Waals surface area contributed by atoms with Crippen LogP contribution in [0.4, 0.5) is 4.79 Å². The third-order valence-electron chi connectivity index (χ3n) is 0.713. The van der Waals surface area contributed by atoms with E-state index in [4.69, 9.17) is 9.66 Å². The molecule has 8 heteroatoms. The van der Waals surface area contributed by atoms with E-state index >= 15 is 0 Å². The van der Waals surface area contributed by atoms with E-state index in [1.54, 1.807) is 0 Å². The number of carboxylic acid groups (broad SMARTS) is 1. The minimum Gasteiger partial charge on any atom is -0.480 e. The third kappa shape index (κ3) is 3.53. The second-order valence-electron chi connectivity index (χ2n) is 1.50. The minimum absolute atomic E-state index is 0.0995. The molecule has 0 rings (SSSR count). The van der Waals surface area contributed by atoms with E-state index < -0.39 is 29.8 Å². The highest BCUT2D eigenvalue weighted by Crippen LogP contribution is 1.90. The van der Waals surface area contributed by atoms with Crippen LogP contribution in [0.3, 0.4) is 0 Å². The number of hydrogen-bond donors (Lipinski definition) is 3. The van der Waals surface area contributed by atoms with Gasteiger partial charge in [-0.15, -0.1) is 0 Å². The second-order valence-corrected chi connectivity index (χ2v) is 2.40. The van der Waals surface area contributed by atoms with Gasteiger partial charge in [0.05, 0.1) is 0 Å². The number of nitrogens with two attached hydrogens (primary N) is 1. The molecule has 0 heterocycles. The number of carbonyl (C=O) groups is 2. The quantitative estimate of drug-likeness (QED) is 0.463. The van der Waals surface area contributed by atoms with Crippen molar-refractivity contribution >= 4 is 23.3 Å². The number of aliphatic carboxylic acids is 1. The molecule has 0 saturated heterocycles. The van der Waals surface area contributed by atoms with Crippen molar-refractivity contribution in [2.24, 2.45) is 5.73 Å². The first kappa shape index (κ1) is 9.85. The SMILES string of the molecule is NC(=O)N(CC(=O)O)S(=O)O. The van der Waals surface area contributed by atoms with Crippen molar-refractivity contribution in [3.05, 3.63) is 0 Å². The molecule has 64 valence electrons. The van der Waals surface area contributed by atoms with E-state index in [-0.39, 0.29) is 4.31 Å². The molecule has 0 aromatic heterocycles. The summed E-state index contributed by atoms with van der Waals surface area (Å²) < 4.78 is 18.5. The Hall–Kier alpha value is -1.15. The molecular weight excluding hydrogens is 176 g/mol. The summed E-state index contributed by atoms with van der Waals surface area (Å²) in [7, 11) is 0. The van der Waals surface area contributed by atoms with Gasteiger partial charge in [-0.2, -0.15) is 0 Å².